The zero-order valence-electron chi connectivity index (χ0n) is 14.0. The molecule has 0 amide bonds. The van der Waals surface area contributed by atoms with Gasteiger partial charge in [0.25, 0.3) is 0 Å². The average Bonchev–Trinajstić information content (AvgIpc) is 3.24. The number of hydrogen-bond acceptors (Lipinski definition) is 10. The minimum absolute atomic E-state index is 0.0216. The Morgan fingerprint density at radius 2 is 2.08 bits per heavy atom. The van der Waals surface area contributed by atoms with E-state index < -0.39 is 9.84 Å². The summed E-state index contributed by atoms with van der Waals surface area (Å²) >= 11 is 1.03. The van der Waals surface area contributed by atoms with Crippen molar-refractivity contribution < 1.29 is 13.2 Å². The first-order valence-corrected chi connectivity index (χ1v) is 10.7. The van der Waals surface area contributed by atoms with Crippen LogP contribution in [0.3, 0.4) is 0 Å². The van der Waals surface area contributed by atoms with Gasteiger partial charge in [0.05, 0.1) is 0 Å². The fourth-order valence-electron chi connectivity index (χ4n) is 2.51. The van der Waals surface area contributed by atoms with Gasteiger partial charge in [0, 0.05) is 26.3 Å². The quantitative estimate of drug-likeness (QED) is 0.698. The summed E-state index contributed by atoms with van der Waals surface area (Å²) in [6.45, 7) is 4.78. The zero-order chi connectivity index (χ0) is 17.7. The highest BCUT2D eigenvalue weighted by molar-refractivity contribution is 7.92. The molecule has 2 aromatic heterocycles. The number of anilines is 1. The second-order valence-corrected chi connectivity index (χ2v) is 9.03. The zero-order valence-corrected chi connectivity index (χ0v) is 15.6. The number of rotatable bonds is 8. The lowest BCUT2D eigenvalue weighted by molar-refractivity contribution is 0.0597. The molecule has 0 aliphatic carbocycles. The highest BCUT2D eigenvalue weighted by Crippen LogP contribution is 2.23. The second-order valence-electron chi connectivity index (χ2n) is 5.89. The van der Waals surface area contributed by atoms with Gasteiger partial charge in [0.2, 0.25) is 19.3 Å². The maximum absolute atomic E-state index is 12.6. The topological polar surface area (TPSA) is 125 Å². The van der Waals surface area contributed by atoms with Crippen LogP contribution in [0.15, 0.2) is 4.34 Å². The van der Waals surface area contributed by atoms with Crippen molar-refractivity contribution in [2.24, 2.45) is 5.92 Å². The van der Waals surface area contributed by atoms with Crippen molar-refractivity contribution in [3.05, 3.63) is 5.82 Å². The molecule has 0 aromatic carbocycles. The van der Waals surface area contributed by atoms with Gasteiger partial charge in [-0.2, -0.15) is 0 Å². The fraction of sp³-hybridized carbons (Fsp3) is 0.769. The molecule has 1 fully saturated rings. The van der Waals surface area contributed by atoms with E-state index in [-0.39, 0.29) is 10.1 Å². The van der Waals surface area contributed by atoms with E-state index in [1.165, 1.54) is 0 Å². The third-order valence-electron chi connectivity index (χ3n) is 3.90. The number of ether oxygens (including phenoxy) is 1. The summed E-state index contributed by atoms with van der Waals surface area (Å²) in [7, 11) is -3.63. The molecular weight excluding hydrogens is 366 g/mol. The van der Waals surface area contributed by atoms with E-state index >= 15 is 0 Å². The predicted octanol–water partition coefficient (Wildman–Crippen LogP) is 0.747. The molecule has 0 saturated carbocycles. The van der Waals surface area contributed by atoms with E-state index in [2.05, 4.69) is 31.0 Å². The lowest BCUT2D eigenvalue weighted by Crippen LogP contribution is -2.22. The molecule has 1 aliphatic heterocycles. The molecule has 10 nitrogen and oxygen atoms in total. The molecule has 1 aliphatic rings. The first kappa shape index (κ1) is 18.1. The minimum Gasteiger partial charge on any atom is -0.381 e. The van der Waals surface area contributed by atoms with Crippen LogP contribution in [0, 0.1) is 5.92 Å². The van der Waals surface area contributed by atoms with Crippen molar-refractivity contribution in [3.63, 3.8) is 0 Å². The Balaban J connectivity index is 1.68. The van der Waals surface area contributed by atoms with E-state index in [1.807, 2.05) is 6.92 Å². The molecule has 1 N–H and O–H groups in total. The van der Waals surface area contributed by atoms with Crippen LogP contribution in [0.4, 0.5) is 5.13 Å². The molecule has 1 saturated heterocycles. The summed E-state index contributed by atoms with van der Waals surface area (Å²) in [5.74, 6) is 0.431. The maximum atomic E-state index is 12.6. The summed E-state index contributed by atoms with van der Waals surface area (Å²) in [4.78, 5) is 0. The Bertz CT molecular complexity index is 783. The molecular formula is C13H21N7O3S2. The number of aromatic nitrogens is 6. The fourth-order valence-corrected chi connectivity index (χ4v) is 4.77. The van der Waals surface area contributed by atoms with Gasteiger partial charge in [0.1, 0.15) is 5.75 Å². The van der Waals surface area contributed by atoms with Crippen LogP contribution in [0.25, 0.3) is 0 Å². The van der Waals surface area contributed by atoms with Crippen molar-refractivity contribution in [2.75, 3.05) is 25.1 Å². The summed E-state index contributed by atoms with van der Waals surface area (Å²) < 4.78 is 32.1. The van der Waals surface area contributed by atoms with Crippen LogP contribution >= 0.6 is 11.3 Å². The Labute approximate surface area is 149 Å². The van der Waals surface area contributed by atoms with Gasteiger partial charge in [-0.1, -0.05) is 18.3 Å². The van der Waals surface area contributed by atoms with E-state index in [1.54, 1.807) is 4.68 Å². The SMILES string of the molecule is CCCNc1nnc(S(=O)(=O)Cc2nnnn2CC2CCOCC2)s1. The molecule has 3 rings (SSSR count). The summed E-state index contributed by atoms with van der Waals surface area (Å²) in [5.41, 5.74) is 0. The average molecular weight is 387 g/mol. The Morgan fingerprint density at radius 1 is 1.28 bits per heavy atom. The van der Waals surface area contributed by atoms with E-state index in [9.17, 15) is 8.42 Å². The van der Waals surface area contributed by atoms with Crippen LogP contribution in [0.5, 0.6) is 0 Å². The number of nitrogens with one attached hydrogen (secondary N) is 1. The largest absolute Gasteiger partial charge is 0.381 e. The van der Waals surface area contributed by atoms with E-state index in [4.69, 9.17) is 4.74 Å². The van der Waals surface area contributed by atoms with E-state index in [0.29, 0.717) is 23.4 Å². The van der Waals surface area contributed by atoms with Gasteiger partial charge in [-0.3, -0.25) is 0 Å². The first-order valence-electron chi connectivity index (χ1n) is 8.21. The highest BCUT2D eigenvalue weighted by atomic mass is 32.2. The molecule has 0 unspecified atom stereocenters. The molecule has 25 heavy (non-hydrogen) atoms. The molecule has 3 heterocycles. The van der Waals surface area contributed by atoms with Crippen LogP contribution in [0.1, 0.15) is 32.0 Å². The number of nitrogens with zero attached hydrogens (tertiary/aromatic N) is 6. The van der Waals surface area contributed by atoms with E-state index in [0.717, 1.165) is 50.4 Å². The van der Waals surface area contributed by atoms with Gasteiger partial charge in [-0.05, 0) is 35.6 Å². The van der Waals surface area contributed by atoms with Gasteiger partial charge >= 0.3 is 0 Å². The Hall–Kier alpha value is -1.66. The molecule has 2 aromatic rings. The summed E-state index contributed by atoms with van der Waals surface area (Å²) in [5, 5.41) is 22.7. The maximum Gasteiger partial charge on any atom is 0.234 e. The van der Waals surface area contributed by atoms with Gasteiger partial charge in [-0.15, -0.1) is 15.3 Å². The van der Waals surface area contributed by atoms with Crippen LogP contribution in [0.2, 0.25) is 0 Å². The van der Waals surface area contributed by atoms with Crippen LogP contribution in [-0.2, 0) is 26.9 Å². The smallest absolute Gasteiger partial charge is 0.234 e. The summed E-state index contributed by atoms with van der Waals surface area (Å²) in [6.07, 6.45) is 2.77. The summed E-state index contributed by atoms with van der Waals surface area (Å²) in [6, 6.07) is 0. The monoisotopic (exact) mass is 387 g/mol. The molecule has 0 atom stereocenters. The van der Waals surface area contributed by atoms with Gasteiger partial charge in [0.15, 0.2) is 5.82 Å². The van der Waals surface area contributed by atoms with Crippen molar-refractivity contribution in [1.29, 1.82) is 0 Å². The molecule has 138 valence electrons. The van der Waals surface area contributed by atoms with Crippen LogP contribution in [-0.4, -0.2) is 58.6 Å². The van der Waals surface area contributed by atoms with Crippen LogP contribution < -0.4 is 5.32 Å². The van der Waals surface area contributed by atoms with Crippen molar-refractivity contribution >= 4 is 26.3 Å². The Kier molecular flexibility index (Phi) is 5.91. The predicted molar refractivity (Wildman–Crippen MR) is 90.9 cm³/mol. The van der Waals surface area contributed by atoms with Gasteiger partial charge in [-0.25, -0.2) is 13.1 Å². The number of sulfone groups is 1. The molecule has 12 heteroatoms. The van der Waals surface area contributed by atoms with Crippen molar-refractivity contribution in [3.8, 4) is 0 Å². The van der Waals surface area contributed by atoms with Crippen molar-refractivity contribution in [1.82, 2.24) is 30.4 Å². The first-order chi connectivity index (χ1) is 12.1. The molecule has 0 radical (unpaired) electrons. The number of tetrazole rings is 1. The molecule has 0 spiro atoms. The third-order valence-corrected chi connectivity index (χ3v) is 6.84. The lowest BCUT2D eigenvalue weighted by Gasteiger charge is -2.21. The Morgan fingerprint density at radius 3 is 2.84 bits per heavy atom. The third kappa shape index (κ3) is 4.70. The standard InChI is InChI=1S/C13H21N7O3S2/c1-2-5-14-12-16-17-13(24-12)25(21,22)9-11-15-18-19-20(11)8-10-3-6-23-7-4-10/h10H,2-9H2,1H3,(H,14,16). The van der Waals surface area contributed by atoms with Crippen molar-refractivity contribution in [2.45, 2.75) is 42.8 Å². The number of hydrogen-bond donors (Lipinski definition) is 1. The lowest BCUT2D eigenvalue weighted by atomic mass is 10.0. The highest BCUT2D eigenvalue weighted by Gasteiger charge is 2.25. The second kappa shape index (κ2) is 8.15. The van der Waals surface area contributed by atoms with Gasteiger partial charge < -0.3 is 10.1 Å². The normalized spacial score (nSPS) is 16.2. The molecule has 0 bridgehead atoms. The minimum atomic E-state index is -3.63.